The molecule has 3 rings (SSSR count). The van der Waals surface area contributed by atoms with Gasteiger partial charge in [0.05, 0.1) is 10.8 Å². The topological polar surface area (TPSA) is 77.3 Å². The maximum atomic E-state index is 12.3. The van der Waals surface area contributed by atoms with E-state index < -0.39 is 10.0 Å². The van der Waals surface area contributed by atoms with Crippen molar-refractivity contribution in [3.05, 3.63) is 22.9 Å². The highest BCUT2D eigenvalue weighted by atomic mass is 32.2. The molecule has 7 heteroatoms. The fourth-order valence-electron chi connectivity index (χ4n) is 2.92. The van der Waals surface area contributed by atoms with Crippen LogP contribution in [0.15, 0.2) is 6.07 Å². The molecule has 1 saturated heterocycles. The Hall–Kier alpha value is -1.65. The molecule has 0 aromatic carbocycles. The number of nitrogens with zero attached hydrogens (tertiary/aromatic N) is 4. The zero-order chi connectivity index (χ0) is 15.9. The van der Waals surface area contributed by atoms with Crippen LogP contribution in [0.4, 0.5) is 5.82 Å². The van der Waals surface area contributed by atoms with Gasteiger partial charge in [-0.3, -0.25) is 0 Å². The van der Waals surface area contributed by atoms with Gasteiger partial charge in [0, 0.05) is 31.9 Å². The predicted molar refractivity (Wildman–Crippen MR) is 84.2 cm³/mol. The number of piperazine rings is 1. The summed E-state index contributed by atoms with van der Waals surface area (Å²) in [5, 5.41) is 9.20. The van der Waals surface area contributed by atoms with Crippen molar-refractivity contribution in [1.29, 1.82) is 5.26 Å². The minimum atomic E-state index is -3.11. The third kappa shape index (κ3) is 2.69. The number of sulfonamides is 1. The monoisotopic (exact) mass is 320 g/mol. The first-order valence-electron chi connectivity index (χ1n) is 7.55. The standard InChI is InChI=1S/C15H20N4O2S/c1-11-9-12(2)17-15(14(11)10-16)18-5-7-19(8-6-18)22(20,21)13-3-4-13/h9,13H,3-8H2,1-2H3. The Kier molecular flexibility index (Phi) is 3.83. The van der Waals surface area contributed by atoms with Crippen molar-refractivity contribution in [2.75, 3.05) is 31.1 Å². The second kappa shape index (κ2) is 5.52. The van der Waals surface area contributed by atoms with E-state index in [2.05, 4.69) is 11.1 Å². The third-order valence-corrected chi connectivity index (χ3v) is 6.68. The zero-order valence-electron chi connectivity index (χ0n) is 12.9. The highest BCUT2D eigenvalue weighted by molar-refractivity contribution is 7.90. The van der Waals surface area contributed by atoms with E-state index in [1.807, 2.05) is 24.8 Å². The lowest BCUT2D eigenvalue weighted by atomic mass is 10.1. The van der Waals surface area contributed by atoms with Gasteiger partial charge in [-0.05, 0) is 38.3 Å². The van der Waals surface area contributed by atoms with Gasteiger partial charge in [-0.15, -0.1) is 0 Å². The van der Waals surface area contributed by atoms with E-state index in [0.29, 0.717) is 37.6 Å². The Morgan fingerprint density at radius 2 is 1.86 bits per heavy atom. The number of nitriles is 1. The number of anilines is 1. The van der Waals surface area contributed by atoms with Crippen LogP contribution in [-0.4, -0.2) is 49.1 Å². The van der Waals surface area contributed by atoms with Crippen molar-refractivity contribution < 1.29 is 8.42 Å². The van der Waals surface area contributed by atoms with Crippen LogP contribution in [0, 0.1) is 25.2 Å². The number of hydrogen-bond donors (Lipinski definition) is 0. The number of hydrogen-bond acceptors (Lipinski definition) is 5. The van der Waals surface area contributed by atoms with Crippen molar-refractivity contribution >= 4 is 15.8 Å². The Morgan fingerprint density at radius 3 is 2.41 bits per heavy atom. The lowest BCUT2D eigenvalue weighted by molar-refractivity contribution is 0.383. The average molecular weight is 320 g/mol. The molecule has 2 aliphatic rings. The molecule has 1 aliphatic heterocycles. The molecule has 118 valence electrons. The van der Waals surface area contributed by atoms with Crippen molar-refractivity contribution in [2.45, 2.75) is 31.9 Å². The van der Waals surface area contributed by atoms with E-state index in [4.69, 9.17) is 0 Å². The van der Waals surface area contributed by atoms with Crippen LogP contribution < -0.4 is 4.90 Å². The third-order valence-electron chi connectivity index (χ3n) is 4.28. The first kappa shape index (κ1) is 15.3. The predicted octanol–water partition coefficient (Wildman–Crippen LogP) is 1.18. The van der Waals surface area contributed by atoms with Gasteiger partial charge in [-0.1, -0.05) is 0 Å². The molecule has 0 N–H and O–H groups in total. The lowest BCUT2D eigenvalue weighted by Gasteiger charge is -2.35. The molecule has 0 spiro atoms. The summed E-state index contributed by atoms with van der Waals surface area (Å²) in [6, 6.07) is 4.12. The van der Waals surface area contributed by atoms with Crippen LogP contribution in [0.2, 0.25) is 0 Å². The molecule has 0 bridgehead atoms. The quantitative estimate of drug-likeness (QED) is 0.836. The molecular weight excluding hydrogens is 300 g/mol. The van der Waals surface area contributed by atoms with Gasteiger partial charge in [-0.2, -0.15) is 9.57 Å². The fraction of sp³-hybridized carbons (Fsp3) is 0.600. The molecule has 0 radical (unpaired) electrons. The molecule has 22 heavy (non-hydrogen) atoms. The lowest BCUT2D eigenvalue weighted by Crippen LogP contribution is -2.50. The van der Waals surface area contributed by atoms with Crippen molar-refractivity contribution in [2.24, 2.45) is 0 Å². The van der Waals surface area contributed by atoms with Gasteiger partial charge in [0.1, 0.15) is 11.9 Å². The van der Waals surface area contributed by atoms with Crippen LogP contribution in [0.3, 0.4) is 0 Å². The van der Waals surface area contributed by atoms with Crippen LogP contribution in [-0.2, 0) is 10.0 Å². The van der Waals surface area contributed by atoms with Gasteiger partial charge < -0.3 is 4.90 Å². The van der Waals surface area contributed by atoms with Crippen molar-refractivity contribution in [1.82, 2.24) is 9.29 Å². The van der Waals surface area contributed by atoms with Gasteiger partial charge in [0.15, 0.2) is 0 Å². The highest BCUT2D eigenvalue weighted by Gasteiger charge is 2.41. The van der Waals surface area contributed by atoms with E-state index in [9.17, 15) is 13.7 Å². The fourth-order valence-corrected chi connectivity index (χ4v) is 4.74. The summed E-state index contributed by atoms with van der Waals surface area (Å²) in [4.78, 5) is 6.52. The van der Waals surface area contributed by atoms with Crippen LogP contribution in [0.25, 0.3) is 0 Å². The molecular formula is C15H20N4O2S. The smallest absolute Gasteiger partial charge is 0.217 e. The summed E-state index contributed by atoms with van der Waals surface area (Å²) < 4.78 is 26.1. The van der Waals surface area contributed by atoms with E-state index in [0.717, 1.165) is 24.1 Å². The molecule has 2 fully saturated rings. The molecule has 6 nitrogen and oxygen atoms in total. The van der Waals surface area contributed by atoms with E-state index in [1.165, 1.54) is 0 Å². The molecule has 1 aromatic rings. The molecule has 1 aliphatic carbocycles. The van der Waals surface area contributed by atoms with E-state index >= 15 is 0 Å². The van der Waals surface area contributed by atoms with Gasteiger partial charge in [0.25, 0.3) is 0 Å². The number of pyridine rings is 1. The molecule has 0 unspecified atom stereocenters. The summed E-state index contributed by atoms with van der Waals surface area (Å²) in [6.07, 6.45) is 1.58. The van der Waals surface area contributed by atoms with Gasteiger partial charge >= 0.3 is 0 Å². The van der Waals surface area contributed by atoms with Crippen molar-refractivity contribution in [3.63, 3.8) is 0 Å². The minimum Gasteiger partial charge on any atom is -0.353 e. The Balaban J connectivity index is 1.79. The minimum absolute atomic E-state index is 0.159. The maximum Gasteiger partial charge on any atom is 0.217 e. The van der Waals surface area contributed by atoms with Crippen molar-refractivity contribution in [3.8, 4) is 6.07 Å². The second-order valence-electron chi connectivity index (χ2n) is 6.02. The molecule has 0 atom stereocenters. The van der Waals surface area contributed by atoms with Crippen LogP contribution in [0.1, 0.15) is 29.7 Å². The Labute approximate surface area is 131 Å². The summed E-state index contributed by atoms with van der Waals surface area (Å²) in [5.74, 6) is 0.684. The van der Waals surface area contributed by atoms with Crippen LogP contribution in [0.5, 0.6) is 0 Å². The van der Waals surface area contributed by atoms with Crippen LogP contribution >= 0.6 is 0 Å². The van der Waals surface area contributed by atoms with E-state index in [-0.39, 0.29) is 5.25 Å². The second-order valence-corrected chi connectivity index (χ2v) is 8.23. The first-order valence-corrected chi connectivity index (χ1v) is 9.06. The number of aromatic nitrogens is 1. The number of aryl methyl sites for hydroxylation is 2. The first-order chi connectivity index (χ1) is 10.4. The van der Waals surface area contributed by atoms with Gasteiger partial charge in [-0.25, -0.2) is 13.4 Å². The number of rotatable bonds is 3. The maximum absolute atomic E-state index is 12.3. The SMILES string of the molecule is Cc1cc(C)c(C#N)c(N2CCN(S(=O)(=O)C3CC3)CC2)n1. The molecule has 0 amide bonds. The zero-order valence-corrected chi connectivity index (χ0v) is 13.7. The molecule has 1 saturated carbocycles. The summed E-state index contributed by atoms with van der Waals surface area (Å²) in [5.41, 5.74) is 2.38. The summed E-state index contributed by atoms with van der Waals surface area (Å²) >= 11 is 0. The van der Waals surface area contributed by atoms with Gasteiger partial charge in [0.2, 0.25) is 10.0 Å². The van der Waals surface area contributed by atoms with E-state index in [1.54, 1.807) is 4.31 Å². The average Bonchev–Trinajstić information content (AvgIpc) is 3.31. The Bertz CT molecular complexity index is 727. The molecule has 1 aromatic heterocycles. The normalized spacial score (nSPS) is 20.0. The Morgan fingerprint density at radius 1 is 1.23 bits per heavy atom. The highest BCUT2D eigenvalue weighted by Crippen LogP contribution is 2.32. The summed E-state index contributed by atoms with van der Waals surface area (Å²) in [7, 11) is -3.11. The molecule has 2 heterocycles. The summed E-state index contributed by atoms with van der Waals surface area (Å²) in [6.45, 7) is 5.92. The largest absolute Gasteiger partial charge is 0.353 e.